The van der Waals surface area contributed by atoms with Crippen LogP contribution in [-0.4, -0.2) is 49.0 Å². The van der Waals surface area contributed by atoms with Gasteiger partial charge in [-0.3, -0.25) is 9.69 Å². The van der Waals surface area contributed by atoms with Crippen molar-refractivity contribution >= 4 is 5.91 Å². The van der Waals surface area contributed by atoms with Crippen LogP contribution in [0.25, 0.3) is 0 Å². The Balaban J connectivity index is 2.70. The van der Waals surface area contributed by atoms with Gasteiger partial charge >= 0.3 is 0 Å². The van der Waals surface area contributed by atoms with Crippen LogP contribution in [0.3, 0.4) is 0 Å². The van der Waals surface area contributed by atoms with Gasteiger partial charge in [-0.15, -0.1) is 0 Å². The molecule has 0 heterocycles. The summed E-state index contributed by atoms with van der Waals surface area (Å²) in [5.74, 6) is -0.365. The SMILES string of the molecule is CCCNC1(C(N)=O)CCCC(N(C)CC(F)F)C1. The Hall–Kier alpha value is -0.750. The van der Waals surface area contributed by atoms with E-state index in [2.05, 4.69) is 5.32 Å². The van der Waals surface area contributed by atoms with Crippen molar-refractivity contribution in [2.24, 2.45) is 5.73 Å². The zero-order valence-electron chi connectivity index (χ0n) is 11.8. The lowest BCUT2D eigenvalue weighted by molar-refractivity contribution is -0.126. The fourth-order valence-electron chi connectivity index (χ4n) is 2.82. The number of hydrogen-bond acceptors (Lipinski definition) is 3. The molecule has 1 fully saturated rings. The molecule has 2 atom stereocenters. The number of halogens is 2. The van der Waals surface area contributed by atoms with E-state index in [1.807, 2.05) is 6.92 Å². The number of nitrogens with one attached hydrogen (secondary N) is 1. The van der Waals surface area contributed by atoms with Crippen LogP contribution >= 0.6 is 0 Å². The van der Waals surface area contributed by atoms with Crippen LogP contribution in [0.4, 0.5) is 8.78 Å². The van der Waals surface area contributed by atoms with Gasteiger partial charge in [0.1, 0.15) is 0 Å². The second kappa shape index (κ2) is 7.14. The molecule has 0 bridgehead atoms. The third-order valence-electron chi connectivity index (χ3n) is 3.96. The molecule has 0 aliphatic heterocycles. The number of carbonyl (C=O) groups is 1. The van der Waals surface area contributed by atoms with Crippen LogP contribution < -0.4 is 11.1 Å². The Morgan fingerprint density at radius 1 is 1.58 bits per heavy atom. The van der Waals surface area contributed by atoms with E-state index in [-0.39, 0.29) is 18.5 Å². The average molecular weight is 277 g/mol. The van der Waals surface area contributed by atoms with Gasteiger partial charge in [-0.1, -0.05) is 6.92 Å². The van der Waals surface area contributed by atoms with Crippen molar-refractivity contribution in [2.75, 3.05) is 20.1 Å². The van der Waals surface area contributed by atoms with Gasteiger partial charge in [-0.05, 0) is 45.7 Å². The van der Waals surface area contributed by atoms with Gasteiger partial charge in [-0.25, -0.2) is 8.78 Å². The maximum absolute atomic E-state index is 12.4. The average Bonchev–Trinajstić information content (AvgIpc) is 2.35. The topological polar surface area (TPSA) is 58.4 Å². The molecule has 0 aromatic carbocycles. The molecular weight excluding hydrogens is 252 g/mol. The summed E-state index contributed by atoms with van der Waals surface area (Å²) in [5.41, 5.74) is 4.81. The number of nitrogens with zero attached hydrogens (tertiary/aromatic N) is 1. The lowest BCUT2D eigenvalue weighted by atomic mass is 9.77. The zero-order chi connectivity index (χ0) is 14.5. The van der Waals surface area contributed by atoms with Gasteiger partial charge in [0.25, 0.3) is 6.43 Å². The van der Waals surface area contributed by atoms with E-state index in [1.54, 1.807) is 11.9 Å². The number of amides is 1. The van der Waals surface area contributed by atoms with Gasteiger partial charge in [-0.2, -0.15) is 0 Å². The molecule has 4 nitrogen and oxygen atoms in total. The van der Waals surface area contributed by atoms with Gasteiger partial charge in [0.05, 0.1) is 12.1 Å². The molecule has 1 aliphatic rings. The highest BCUT2D eigenvalue weighted by atomic mass is 19.3. The summed E-state index contributed by atoms with van der Waals surface area (Å²) in [6, 6.07) is -0.0143. The van der Waals surface area contributed by atoms with Crippen LogP contribution in [0.15, 0.2) is 0 Å². The van der Waals surface area contributed by atoms with E-state index < -0.39 is 12.0 Å². The predicted octanol–water partition coefficient (Wildman–Crippen LogP) is 1.35. The largest absolute Gasteiger partial charge is 0.368 e. The first-order chi connectivity index (χ1) is 8.91. The summed E-state index contributed by atoms with van der Waals surface area (Å²) < 4.78 is 24.9. The Bertz CT molecular complexity index is 302. The van der Waals surface area contributed by atoms with Crippen molar-refractivity contribution in [3.63, 3.8) is 0 Å². The summed E-state index contributed by atoms with van der Waals surface area (Å²) in [7, 11) is 1.69. The van der Waals surface area contributed by atoms with E-state index in [1.165, 1.54) is 0 Å². The van der Waals surface area contributed by atoms with Crippen molar-refractivity contribution in [3.8, 4) is 0 Å². The summed E-state index contributed by atoms with van der Waals surface area (Å²) in [4.78, 5) is 13.4. The molecule has 0 aromatic heterocycles. The van der Waals surface area contributed by atoms with E-state index >= 15 is 0 Å². The van der Waals surface area contributed by atoms with Crippen LogP contribution in [0.1, 0.15) is 39.0 Å². The minimum Gasteiger partial charge on any atom is -0.368 e. The smallest absolute Gasteiger partial charge is 0.251 e. The lowest BCUT2D eigenvalue weighted by Crippen LogP contribution is -2.60. The van der Waals surface area contributed by atoms with Crippen molar-refractivity contribution in [1.29, 1.82) is 0 Å². The third-order valence-corrected chi connectivity index (χ3v) is 3.96. The monoisotopic (exact) mass is 277 g/mol. The summed E-state index contributed by atoms with van der Waals surface area (Å²) in [6.07, 6.45) is 1.45. The first-order valence-electron chi connectivity index (χ1n) is 6.94. The second-order valence-electron chi connectivity index (χ2n) is 5.45. The fraction of sp³-hybridized carbons (Fsp3) is 0.923. The van der Waals surface area contributed by atoms with Gasteiger partial charge in [0.2, 0.25) is 5.91 Å². The number of carbonyl (C=O) groups excluding carboxylic acids is 1. The molecule has 19 heavy (non-hydrogen) atoms. The molecule has 0 spiro atoms. The Morgan fingerprint density at radius 2 is 2.26 bits per heavy atom. The third kappa shape index (κ3) is 4.38. The van der Waals surface area contributed by atoms with E-state index in [4.69, 9.17) is 5.73 Å². The van der Waals surface area contributed by atoms with Crippen LogP contribution in [-0.2, 0) is 4.79 Å². The molecule has 1 rings (SSSR count). The summed E-state index contributed by atoms with van der Waals surface area (Å²) in [5, 5.41) is 3.23. The quantitative estimate of drug-likeness (QED) is 0.738. The van der Waals surface area contributed by atoms with Crippen molar-refractivity contribution < 1.29 is 13.6 Å². The predicted molar refractivity (Wildman–Crippen MR) is 71.1 cm³/mol. The molecule has 0 aromatic rings. The zero-order valence-corrected chi connectivity index (χ0v) is 11.8. The second-order valence-corrected chi connectivity index (χ2v) is 5.45. The first-order valence-corrected chi connectivity index (χ1v) is 6.94. The first kappa shape index (κ1) is 16.3. The molecule has 2 unspecified atom stereocenters. The fourth-order valence-corrected chi connectivity index (χ4v) is 2.82. The van der Waals surface area contributed by atoms with E-state index in [9.17, 15) is 13.6 Å². The molecule has 3 N–H and O–H groups in total. The lowest BCUT2D eigenvalue weighted by Gasteiger charge is -2.42. The van der Waals surface area contributed by atoms with Crippen LogP contribution in [0.2, 0.25) is 0 Å². The molecule has 6 heteroatoms. The van der Waals surface area contributed by atoms with Crippen molar-refractivity contribution in [3.05, 3.63) is 0 Å². The number of alkyl halides is 2. The van der Waals surface area contributed by atoms with Crippen molar-refractivity contribution in [2.45, 2.75) is 57.0 Å². The maximum atomic E-state index is 12.4. The normalized spacial score (nSPS) is 28.0. The van der Waals surface area contributed by atoms with E-state index in [0.717, 1.165) is 19.3 Å². The highest BCUT2D eigenvalue weighted by Crippen LogP contribution is 2.31. The number of hydrogen-bond donors (Lipinski definition) is 2. The molecular formula is C13H25F2N3O. The summed E-state index contributed by atoms with van der Waals surface area (Å²) in [6.45, 7) is 2.48. The van der Waals surface area contributed by atoms with Gasteiger partial charge in [0, 0.05) is 6.04 Å². The molecule has 1 saturated carbocycles. The van der Waals surface area contributed by atoms with Crippen molar-refractivity contribution in [1.82, 2.24) is 10.2 Å². The van der Waals surface area contributed by atoms with Gasteiger partial charge < -0.3 is 11.1 Å². The molecule has 112 valence electrons. The number of primary amides is 1. The highest BCUT2D eigenvalue weighted by molar-refractivity contribution is 5.84. The Kier molecular flexibility index (Phi) is 6.13. The standard InChI is InChI=1S/C13H25F2N3O/c1-3-7-17-13(12(16)19)6-4-5-10(8-13)18(2)9-11(14)15/h10-11,17H,3-9H2,1-2H3,(H2,16,19). The highest BCUT2D eigenvalue weighted by Gasteiger charge is 2.42. The van der Waals surface area contributed by atoms with Gasteiger partial charge in [0.15, 0.2) is 0 Å². The van der Waals surface area contributed by atoms with Crippen LogP contribution in [0, 0.1) is 0 Å². The van der Waals surface area contributed by atoms with E-state index in [0.29, 0.717) is 19.4 Å². The Labute approximate surface area is 113 Å². The summed E-state index contributed by atoms with van der Waals surface area (Å²) >= 11 is 0. The van der Waals surface area contributed by atoms with Crippen LogP contribution in [0.5, 0.6) is 0 Å². The molecule has 1 aliphatic carbocycles. The molecule has 0 radical (unpaired) electrons. The Morgan fingerprint density at radius 3 is 2.79 bits per heavy atom. The molecule has 0 saturated heterocycles. The minimum atomic E-state index is -2.35. The minimum absolute atomic E-state index is 0.0143. The number of rotatable bonds is 7. The number of nitrogens with two attached hydrogens (primary N) is 1. The maximum Gasteiger partial charge on any atom is 0.251 e. The molecule has 1 amide bonds.